The van der Waals surface area contributed by atoms with Crippen molar-refractivity contribution in [2.24, 2.45) is 0 Å². The maximum atomic E-state index is 13.8. The number of benzene rings is 1. The number of hydrogen-bond acceptors (Lipinski definition) is 7. The molecule has 5 rings (SSSR count). The number of aromatic nitrogens is 2. The Balaban J connectivity index is 1.49. The molecule has 1 amide bonds. The summed E-state index contributed by atoms with van der Waals surface area (Å²) in [6.07, 6.45) is 2.92. The van der Waals surface area contributed by atoms with Gasteiger partial charge in [0.2, 0.25) is 5.91 Å². The van der Waals surface area contributed by atoms with E-state index in [0.717, 1.165) is 49.4 Å². The summed E-state index contributed by atoms with van der Waals surface area (Å²) >= 11 is 9.08. The first-order chi connectivity index (χ1) is 16.0. The highest BCUT2D eigenvalue weighted by molar-refractivity contribution is 7.99. The Hall–Kier alpha value is -1.91. The summed E-state index contributed by atoms with van der Waals surface area (Å²) in [5.74, 6) is 0.0635. The van der Waals surface area contributed by atoms with E-state index in [1.807, 2.05) is 12.1 Å². The first-order valence-corrected chi connectivity index (χ1v) is 13.2. The fraction of sp³-hybridized carbons (Fsp3) is 0.435. The van der Waals surface area contributed by atoms with E-state index >= 15 is 0 Å². The third kappa shape index (κ3) is 4.83. The Morgan fingerprint density at radius 1 is 1.42 bits per heavy atom. The molecule has 1 fully saturated rings. The van der Waals surface area contributed by atoms with E-state index in [2.05, 4.69) is 17.3 Å². The third-order valence-corrected chi connectivity index (χ3v) is 8.27. The molecular formula is C23H25ClN4O3S2. The molecule has 1 atom stereocenters. The van der Waals surface area contributed by atoms with Crippen molar-refractivity contribution in [2.75, 3.05) is 32.5 Å². The molecule has 1 aromatic carbocycles. The maximum Gasteiger partial charge on any atom is 0.267 e. The minimum atomic E-state index is -0.105. The Bertz CT molecular complexity index is 1250. The lowest BCUT2D eigenvalue weighted by atomic mass is 10.1. The van der Waals surface area contributed by atoms with E-state index in [1.165, 1.54) is 16.6 Å². The highest BCUT2D eigenvalue weighted by atomic mass is 35.5. The Morgan fingerprint density at radius 2 is 2.30 bits per heavy atom. The Morgan fingerprint density at radius 3 is 3.09 bits per heavy atom. The second kappa shape index (κ2) is 9.76. The summed E-state index contributed by atoms with van der Waals surface area (Å²) in [5, 5.41) is 4.66. The molecule has 2 aliphatic rings. The first kappa shape index (κ1) is 22.9. The van der Waals surface area contributed by atoms with Crippen LogP contribution in [-0.2, 0) is 22.5 Å². The van der Waals surface area contributed by atoms with E-state index < -0.39 is 0 Å². The van der Waals surface area contributed by atoms with Crippen molar-refractivity contribution < 1.29 is 9.53 Å². The standard InChI is InChI=1S/C23H25ClN4O3S2/c1-27-8-7-17-18(12-27)33-21-20(17)22(30)28(15-5-2-4-14(24)10-15)23(26-21)32-13-19(29)25-11-16-6-3-9-31-16/h2,4-5,10,16H,3,6-9,11-13H2,1H3,(H,25,29)/t16-/m0/s1. The van der Waals surface area contributed by atoms with Crippen LogP contribution in [0.4, 0.5) is 0 Å². The number of amides is 1. The van der Waals surface area contributed by atoms with Crippen LogP contribution in [0.2, 0.25) is 5.02 Å². The summed E-state index contributed by atoms with van der Waals surface area (Å²) in [6, 6.07) is 7.18. The first-order valence-electron chi connectivity index (χ1n) is 11.0. The van der Waals surface area contributed by atoms with Gasteiger partial charge in [0.05, 0.1) is 22.9 Å². The van der Waals surface area contributed by atoms with Crippen LogP contribution in [0, 0.1) is 0 Å². The Labute approximate surface area is 205 Å². The number of ether oxygens (including phenoxy) is 1. The molecule has 2 aliphatic heterocycles. The molecule has 10 heteroatoms. The summed E-state index contributed by atoms with van der Waals surface area (Å²) in [6.45, 7) is 3.00. The van der Waals surface area contributed by atoms with Gasteiger partial charge in [-0.05, 0) is 50.1 Å². The van der Waals surface area contributed by atoms with Crippen molar-refractivity contribution in [2.45, 2.75) is 37.1 Å². The van der Waals surface area contributed by atoms with Gasteiger partial charge in [0.15, 0.2) is 5.16 Å². The van der Waals surface area contributed by atoms with Crippen molar-refractivity contribution >= 4 is 50.8 Å². The van der Waals surface area contributed by atoms with Gasteiger partial charge in [-0.25, -0.2) is 4.98 Å². The summed E-state index contributed by atoms with van der Waals surface area (Å²) < 4.78 is 7.17. The molecule has 0 saturated carbocycles. The fourth-order valence-electron chi connectivity index (χ4n) is 4.31. The summed E-state index contributed by atoms with van der Waals surface area (Å²) in [7, 11) is 2.08. The lowest BCUT2D eigenvalue weighted by Crippen LogP contribution is -2.33. The molecule has 4 heterocycles. The largest absolute Gasteiger partial charge is 0.376 e. The zero-order valence-electron chi connectivity index (χ0n) is 18.3. The Kier molecular flexibility index (Phi) is 6.76. The number of nitrogens with zero attached hydrogens (tertiary/aromatic N) is 3. The fourth-order valence-corrected chi connectivity index (χ4v) is 6.67. The monoisotopic (exact) mass is 504 g/mol. The molecule has 0 bridgehead atoms. The second-order valence-electron chi connectivity index (χ2n) is 8.41. The number of thiophene rings is 1. The molecule has 1 saturated heterocycles. The highest BCUT2D eigenvalue weighted by Crippen LogP contribution is 2.34. The van der Waals surface area contributed by atoms with Crippen LogP contribution in [0.3, 0.4) is 0 Å². The molecule has 0 aliphatic carbocycles. The lowest BCUT2D eigenvalue weighted by molar-refractivity contribution is -0.119. The van der Waals surface area contributed by atoms with E-state index in [9.17, 15) is 9.59 Å². The van der Waals surface area contributed by atoms with Gasteiger partial charge in [-0.1, -0.05) is 29.4 Å². The van der Waals surface area contributed by atoms with E-state index in [0.29, 0.717) is 27.8 Å². The molecule has 0 radical (unpaired) electrons. The van der Waals surface area contributed by atoms with Gasteiger partial charge < -0.3 is 15.0 Å². The van der Waals surface area contributed by atoms with Gasteiger partial charge in [-0.15, -0.1) is 11.3 Å². The van der Waals surface area contributed by atoms with Crippen LogP contribution in [0.5, 0.6) is 0 Å². The number of halogens is 1. The lowest BCUT2D eigenvalue weighted by Gasteiger charge is -2.21. The van der Waals surface area contributed by atoms with Gasteiger partial charge >= 0.3 is 0 Å². The average Bonchev–Trinajstić information content (AvgIpc) is 3.43. The van der Waals surface area contributed by atoms with Gasteiger partial charge in [-0.3, -0.25) is 14.2 Å². The number of fused-ring (bicyclic) bond motifs is 3. The molecule has 1 N–H and O–H groups in total. The van der Waals surface area contributed by atoms with Gasteiger partial charge in [0.1, 0.15) is 4.83 Å². The number of thioether (sulfide) groups is 1. The van der Waals surface area contributed by atoms with E-state index in [-0.39, 0.29) is 23.3 Å². The van der Waals surface area contributed by atoms with Gasteiger partial charge in [-0.2, -0.15) is 0 Å². The van der Waals surface area contributed by atoms with Crippen molar-refractivity contribution in [3.05, 3.63) is 50.1 Å². The minimum absolute atomic E-state index is 0.0913. The van der Waals surface area contributed by atoms with Crippen LogP contribution in [0.15, 0.2) is 34.2 Å². The van der Waals surface area contributed by atoms with Gasteiger partial charge in [0, 0.05) is 36.1 Å². The van der Waals surface area contributed by atoms with Crippen LogP contribution in [0.1, 0.15) is 23.3 Å². The number of carbonyl (C=O) groups is 1. The summed E-state index contributed by atoms with van der Waals surface area (Å²) in [4.78, 5) is 35.3. The SMILES string of the molecule is CN1CCc2c(sc3nc(SCC(=O)NC[C@@H]4CCCO4)n(-c4cccc(Cl)c4)c(=O)c23)C1. The number of nitrogens with one attached hydrogen (secondary N) is 1. The van der Waals surface area contributed by atoms with Crippen molar-refractivity contribution in [3.63, 3.8) is 0 Å². The number of carbonyl (C=O) groups excluding carboxylic acids is 1. The predicted octanol–water partition coefficient (Wildman–Crippen LogP) is 3.48. The van der Waals surface area contributed by atoms with E-state index in [4.69, 9.17) is 21.3 Å². The van der Waals surface area contributed by atoms with Crippen LogP contribution >= 0.6 is 34.7 Å². The predicted molar refractivity (Wildman–Crippen MR) is 133 cm³/mol. The van der Waals surface area contributed by atoms with Crippen LogP contribution in [0.25, 0.3) is 15.9 Å². The topological polar surface area (TPSA) is 76.5 Å². The van der Waals surface area contributed by atoms with Crippen molar-refractivity contribution in [3.8, 4) is 5.69 Å². The molecule has 0 unspecified atom stereocenters. The highest BCUT2D eigenvalue weighted by Gasteiger charge is 2.25. The molecule has 3 aromatic rings. The third-order valence-electron chi connectivity index (χ3n) is 5.98. The zero-order valence-corrected chi connectivity index (χ0v) is 20.7. The normalized spacial score (nSPS) is 18.5. The second-order valence-corrected chi connectivity index (χ2v) is 10.9. The van der Waals surface area contributed by atoms with E-state index in [1.54, 1.807) is 28.0 Å². The van der Waals surface area contributed by atoms with Crippen LogP contribution in [-0.4, -0.2) is 59.0 Å². The molecule has 174 valence electrons. The van der Waals surface area contributed by atoms with Crippen molar-refractivity contribution in [1.82, 2.24) is 19.8 Å². The number of rotatable bonds is 6. The molecule has 33 heavy (non-hydrogen) atoms. The van der Waals surface area contributed by atoms with Gasteiger partial charge in [0.25, 0.3) is 5.56 Å². The average molecular weight is 505 g/mol. The maximum absolute atomic E-state index is 13.8. The quantitative estimate of drug-likeness (QED) is 0.409. The number of hydrogen-bond donors (Lipinski definition) is 1. The summed E-state index contributed by atoms with van der Waals surface area (Å²) in [5.41, 5.74) is 1.65. The van der Waals surface area contributed by atoms with Crippen LogP contribution < -0.4 is 10.9 Å². The zero-order chi connectivity index (χ0) is 22.9. The molecule has 7 nitrogen and oxygen atoms in total. The smallest absolute Gasteiger partial charge is 0.267 e. The molecular weight excluding hydrogens is 480 g/mol. The minimum Gasteiger partial charge on any atom is -0.376 e. The number of likely N-dealkylation sites (N-methyl/N-ethyl adjacent to an activating group) is 1. The molecule has 0 spiro atoms. The molecule has 2 aromatic heterocycles. The van der Waals surface area contributed by atoms with Crippen molar-refractivity contribution in [1.29, 1.82) is 0 Å².